The molecule has 1 fully saturated rings. The fraction of sp³-hybridized carbons (Fsp3) is 0.316. The second-order valence-corrected chi connectivity index (χ2v) is 11.9. The Morgan fingerprint density at radius 1 is 0.783 bits per heavy atom. The maximum atomic E-state index is 11.6. The Kier molecular flexibility index (Phi) is 12.9. The number of rotatable bonds is 6. The summed E-state index contributed by atoms with van der Waals surface area (Å²) in [6.07, 6.45) is 5.15. The molecule has 4 aromatic rings. The predicted molar refractivity (Wildman–Crippen MR) is 180 cm³/mol. The van der Waals surface area contributed by atoms with Crippen LogP contribution in [0.1, 0.15) is 101 Å². The third-order valence-corrected chi connectivity index (χ3v) is 8.20. The number of hydrogen-bond acceptors (Lipinski definition) is 6. The van der Waals surface area contributed by atoms with Crippen molar-refractivity contribution in [2.24, 2.45) is 9.98 Å². The van der Waals surface area contributed by atoms with Gasteiger partial charge in [-0.05, 0) is 107 Å². The van der Waals surface area contributed by atoms with Gasteiger partial charge in [-0.15, -0.1) is 0 Å². The third kappa shape index (κ3) is 9.14. The minimum atomic E-state index is -1.24. The topological polar surface area (TPSA) is 118 Å². The van der Waals surface area contributed by atoms with E-state index in [9.17, 15) is 15.0 Å². The van der Waals surface area contributed by atoms with Crippen LogP contribution in [-0.4, -0.2) is 32.6 Å². The molecule has 1 aliphatic carbocycles. The number of carbonyl (C=O) groups is 1. The van der Waals surface area contributed by atoms with Crippen LogP contribution in [-0.2, 0) is 16.8 Å². The van der Waals surface area contributed by atoms with E-state index >= 15 is 0 Å². The maximum Gasteiger partial charge on any atom is 0.335 e. The molecule has 0 amide bonds. The number of pyridine rings is 1. The van der Waals surface area contributed by atoms with E-state index in [2.05, 4.69) is 64.1 Å². The number of aromatic nitrogens is 1. The molecule has 7 nitrogen and oxygen atoms in total. The molecule has 1 aromatic heterocycles. The Hall–Kier alpha value is -4.27. The number of benzene rings is 3. The Bertz CT molecular complexity index is 1670. The molecule has 0 saturated heterocycles. The van der Waals surface area contributed by atoms with Gasteiger partial charge in [0.2, 0.25) is 0 Å². The van der Waals surface area contributed by atoms with Crippen molar-refractivity contribution in [3.63, 3.8) is 0 Å². The van der Waals surface area contributed by atoms with Crippen molar-refractivity contribution in [3.8, 4) is 11.5 Å². The predicted octanol–water partition coefficient (Wildman–Crippen LogP) is 8.81. The molecule has 2 N–H and O–H groups in total. The van der Waals surface area contributed by atoms with Crippen molar-refractivity contribution in [2.45, 2.75) is 79.6 Å². The monoisotopic (exact) mass is 663 g/mol. The van der Waals surface area contributed by atoms with Gasteiger partial charge in [0.25, 0.3) is 0 Å². The Morgan fingerprint density at radius 3 is 1.74 bits per heavy atom. The minimum absolute atomic E-state index is 0. The molecular weight excluding hydrogens is 621 g/mol. The first kappa shape index (κ1) is 36.2. The zero-order chi connectivity index (χ0) is 32.7. The molecule has 1 saturated carbocycles. The van der Waals surface area contributed by atoms with Gasteiger partial charge in [-0.25, -0.2) is 9.78 Å². The number of aryl methyl sites for hydroxylation is 4. The van der Waals surface area contributed by atoms with Gasteiger partial charge >= 0.3 is 5.97 Å². The van der Waals surface area contributed by atoms with Crippen LogP contribution in [0.4, 0.5) is 11.4 Å². The van der Waals surface area contributed by atoms with Gasteiger partial charge in [0.15, 0.2) is 0 Å². The fourth-order valence-corrected chi connectivity index (χ4v) is 5.74. The molecule has 1 aliphatic rings. The number of nitrogens with zero attached hydrogens (tertiary/aromatic N) is 3. The van der Waals surface area contributed by atoms with E-state index in [1.54, 1.807) is 6.07 Å². The first-order chi connectivity index (χ1) is 21.4. The number of carboxylic acid groups (broad SMARTS) is 1. The van der Waals surface area contributed by atoms with Crippen LogP contribution < -0.4 is 5.11 Å². The van der Waals surface area contributed by atoms with Gasteiger partial charge in [-0.2, -0.15) is 0 Å². The van der Waals surface area contributed by atoms with Crippen LogP contribution in [0.25, 0.3) is 0 Å². The molecule has 5 rings (SSSR count). The SMILES string of the molecule is CC(=Nc1ccc(C)cc1C)c1cccc(C(C)=Nc2ccc(C)cc2C)n1.O=C(O)c1c(C2CCCCC2)ccc(O)c1[O-].[Co]. The standard InChI is InChI=1S/C25H27N3.C13H16O4.Co/c1-16-10-12-22(18(3)14-16)26-20(5)24-8-7-9-25(28-24)21(6)27-23-13-11-17(2)15-19(23)4;14-10-7-6-9(8-4-2-1-3-5-8)11(12(10)15)13(16)17;/h7-15H,1-6H3;6-8,14-15H,1-5H2,(H,16,17);/p-1. The van der Waals surface area contributed by atoms with Crippen LogP contribution in [0.5, 0.6) is 11.5 Å². The van der Waals surface area contributed by atoms with Crippen LogP contribution >= 0.6 is 0 Å². The van der Waals surface area contributed by atoms with E-state index < -0.39 is 17.5 Å². The molecule has 243 valence electrons. The van der Waals surface area contributed by atoms with Gasteiger partial charge < -0.3 is 15.3 Å². The van der Waals surface area contributed by atoms with Crippen molar-refractivity contribution < 1.29 is 36.9 Å². The van der Waals surface area contributed by atoms with E-state index in [4.69, 9.17) is 20.1 Å². The van der Waals surface area contributed by atoms with E-state index in [0.29, 0.717) is 5.56 Å². The summed E-state index contributed by atoms with van der Waals surface area (Å²) in [6.45, 7) is 12.4. The fourth-order valence-electron chi connectivity index (χ4n) is 5.74. The first-order valence-electron chi connectivity index (χ1n) is 15.4. The van der Waals surface area contributed by atoms with Gasteiger partial charge in [-0.3, -0.25) is 9.98 Å². The van der Waals surface area contributed by atoms with E-state index in [0.717, 1.165) is 59.9 Å². The van der Waals surface area contributed by atoms with Gasteiger partial charge in [-0.1, -0.05) is 72.5 Å². The van der Waals surface area contributed by atoms with Crippen molar-refractivity contribution in [1.82, 2.24) is 4.98 Å². The van der Waals surface area contributed by atoms with E-state index in [-0.39, 0.29) is 28.3 Å². The molecule has 3 aromatic carbocycles. The van der Waals surface area contributed by atoms with Crippen LogP contribution in [0.15, 0.2) is 76.7 Å². The van der Waals surface area contributed by atoms with Crippen molar-refractivity contribution >= 4 is 28.8 Å². The first-order valence-corrected chi connectivity index (χ1v) is 15.4. The molecular formula is C38H42CoN3O4-. The van der Waals surface area contributed by atoms with Gasteiger partial charge in [0.05, 0.1) is 39.7 Å². The third-order valence-electron chi connectivity index (χ3n) is 8.20. The molecule has 1 heterocycles. The maximum absolute atomic E-state index is 11.6. The molecule has 46 heavy (non-hydrogen) atoms. The molecule has 0 spiro atoms. The molecule has 8 heteroatoms. The molecule has 0 atom stereocenters. The average Bonchev–Trinajstić information content (AvgIpc) is 3.01. The normalized spacial score (nSPS) is 13.8. The summed E-state index contributed by atoms with van der Waals surface area (Å²) in [6, 6.07) is 21.5. The minimum Gasteiger partial charge on any atom is -0.869 e. The summed E-state index contributed by atoms with van der Waals surface area (Å²) >= 11 is 0. The van der Waals surface area contributed by atoms with Crippen LogP contribution in [0.2, 0.25) is 0 Å². The number of aliphatic imine (C=N–C) groups is 2. The van der Waals surface area contributed by atoms with Crippen molar-refractivity contribution in [3.05, 3.63) is 111 Å². The Balaban J connectivity index is 0.000000274. The quantitative estimate of drug-likeness (QED) is 0.200. The second kappa shape index (κ2) is 16.3. The number of aromatic carboxylic acids is 1. The van der Waals surface area contributed by atoms with E-state index in [1.807, 2.05) is 32.0 Å². The second-order valence-electron chi connectivity index (χ2n) is 11.9. The average molecular weight is 664 g/mol. The zero-order valence-electron chi connectivity index (χ0n) is 27.3. The summed E-state index contributed by atoms with van der Waals surface area (Å²) in [5, 5.41) is 30.0. The molecule has 1 radical (unpaired) electrons. The number of phenolic OH excluding ortho intramolecular Hbond substituents is 1. The summed E-state index contributed by atoms with van der Waals surface area (Å²) < 4.78 is 0. The van der Waals surface area contributed by atoms with Crippen molar-refractivity contribution in [2.75, 3.05) is 0 Å². The van der Waals surface area contributed by atoms with Gasteiger partial charge in [0.1, 0.15) is 5.75 Å². The van der Waals surface area contributed by atoms with Gasteiger partial charge in [0, 0.05) is 16.8 Å². The summed E-state index contributed by atoms with van der Waals surface area (Å²) in [5.41, 5.74) is 10.6. The number of phenols is 1. The summed E-state index contributed by atoms with van der Waals surface area (Å²) in [4.78, 5) is 25.5. The summed E-state index contributed by atoms with van der Waals surface area (Å²) in [7, 11) is 0. The summed E-state index contributed by atoms with van der Waals surface area (Å²) in [5.74, 6) is -2.35. The van der Waals surface area contributed by atoms with E-state index in [1.165, 1.54) is 34.7 Å². The number of carboxylic acids is 1. The van der Waals surface area contributed by atoms with Crippen LogP contribution in [0, 0.1) is 27.7 Å². The zero-order valence-corrected chi connectivity index (χ0v) is 28.4. The largest absolute Gasteiger partial charge is 0.869 e. The Labute approximate surface area is 282 Å². The van der Waals surface area contributed by atoms with Crippen LogP contribution in [0.3, 0.4) is 0 Å². The number of aromatic hydroxyl groups is 1. The molecule has 0 aliphatic heterocycles. The number of hydrogen-bond donors (Lipinski definition) is 2. The smallest absolute Gasteiger partial charge is 0.335 e. The van der Waals surface area contributed by atoms with Crippen molar-refractivity contribution in [1.29, 1.82) is 0 Å². The Morgan fingerprint density at radius 2 is 1.28 bits per heavy atom. The molecule has 0 bridgehead atoms. The molecule has 0 unspecified atom stereocenters.